The Balaban J connectivity index is 1.93. The lowest BCUT2D eigenvalue weighted by Gasteiger charge is -2.13. The van der Waals surface area contributed by atoms with Gasteiger partial charge >= 0.3 is 0 Å². The van der Waals surface area contributed by atoms with Crippen LogP contribution in [0.15, 0.2) is 55.5 Å². The van der Waals surface area contributed by atoms with E-state index in [1.807, 2.05) is 0 Å². The average molecular weight is 367 g/mol. The van der Waals surface area contributed by atoms with Crippen molar-refractivity contribution in [1.29, 1.82) is 0 Å². The Morgan fingerprint density at radius 1 is 1.44 bits per heavy atom. The summed E-state index contributed by atoms with van der Waals surface area (Å²) in [6, 6.07) is 5.35. The molecule has 6 heteroatoms. The topological polar surface area (TPSA) is 77.2 Å². The van der Waals surface area contributed by atoms with Crippen LogP contribution in [0.5, 0.6) is 0 Å². The van der Waals surface area contributed by atoms with Gasteiger partial charge in [-0.15, -0.1) is 0 Å². The van der Waals surface area contributed by atoms with Crippen LogP contribution >= 0.6 is 0 Å². The molecule has 3 rings (SSSR count). The third-order valence-electron chi connectivity index (χ3n) is 4.60. The first-order chi connectivity index (χ1) is 13.0. The molecule has 1 atom stereocenters. The summed E-state index contributed by atoms with van der Waals surface area (Å²) < 4.78 is 18.5. The molecular weight excluding hydrogens is 345 g/mol. The fourth-order valence-electron chi connectivity index (χ4n) is 3.13. The molecule has 1 aliphatic rings. The molecule has 1 amide bonds. The second-order valence-electron chi connectivity index (χ2n) is 6.51. The van der Waals surface area contributed by atoms with Crippen LogP contribution in [0.1, 0.15) is 22.3 Å². The number of carbonyl (C=O) groups excluding carboxylic acids is 1. The van der Waals surface area contributed by atoms with E-state index in [1.165, 1.54) is 18.3 Å². The first-order valence-electron chi connectivity index (χ1n) is 8.72. The van der Waals surface area contributed by atoms with Gasteiger partial charge < -0.3 is 15.8 Å². The van der Waals surface area contributed by atoms with Crippen molar-refractivity contribution in [2.45, 2.75) is 6.42 Å². The smallest absolute Gasteiger partial charge is 0.253 e. The minimum Gasteiger partial charge on any atom is -0.383 e. The number of pyridine rings is 1. The van der Waals surface area contributed by atoms with Gasteiger partial charge in [0.25, 0.3) is 5.91 Å². The Morgan fingerprint density at radius 3 is 2.93 bits per heavy atom. The summed E-state index contributed by atoms with van der Waals surface area (Å²) in [4.78, 5) is 16.8. The number of anilines is 1. The van der Waals surface area contributed by atoms with Gasteiger partial charge in [-0.25, -0.2) is 9.37 Å². The molecule has 0 radical (unpaired) electrons. The normalized spacial score (nSPS) is 17.1. The van der Waals surface area contributed by atoms with Gasteiger partial charge in [0.05, 0.1) is 12.2 Å². The number of benzene rings is 1. The number of halogens is 1. The molecule has 1 unspecified atom stereocenters. The molecule has 1 fully saturated rings. The fourth-order valence-corrected chi connectivity index (χ4v) is 3.13. The molecule has 1 aromatic heterocycles. The lowest BCUT2D eigenvalue weighted by molar-refractivity contribution is 0.0946. The van der Waals surface area contributed by atoms with Gasteiger partial charge in [-0.2, -0.15) is 0 Å². The van der Waals surface area contributed by atoms with Gasteiger partial charge in [-0.3, -0.25) is 4.79 Å². The van der Waals surface area contributed by atoms with Crippen LogP contribution in [0.3, 0.4) is 0 Å². The summed E-state index contributed by atoms with van der Waals surface area (Å²) in [6.45, 7) is 8.92. The molecule has 1 aromatic carbocycles. The van der Waals surface area contributed by atoms with Crippen molar-refractivity contribution in [1.82, 2.24) is 10.3 Å². The predicted octanol–water partition coefficient (Wildman–Crippen LogP) is 3.64. The number of fused-ring (bicyclic) bond motifs is 1. The van der Waals surface area contributed by atoms with E-state index in [2.05, 4.69) is 23.5 Å². The number of nitrogens with zero attached hydrogens (tertiary/aromatic N) is 1. The highest BCUT2D eigenvalue weighted by molar-refractivity contribution is 6.09. The van der Waals surface area contributed by atoms with Crippen LogP contribution < -0.4 is 11.1 Å². The van der Waals surface area contributed by atoms with E-state index in [9.17, 15) is 9.18 Å². The van der Waals surface area contributed by atoms with Crippen LogP contribution in [0.25, 0.3) is 16.3 Å². The van der Waals surface area contributed by atoms with Crippen molar-refractivity contribution < 1.29 is 13.9 Å². The first-order valence-corrected chi connectivity index (χ1v) is 8.72. The van der Waals surface area contributed by atoms with Crippen molar-refractivity contribution in [3.8, 4) is 0 Å². The standard InChI is InChI=1S/C21H22FN3O2/c1-3-15(8-13(2)22)16-4-5-17-18(9-16)20(23)24-11-19(17)21(26)25-10-14-6-7-27-12-14/h3-5,8-9,11,14H,1-2,6-7,10,12H2,(H2,23,24)(H,25,26). The minimum absolute atomic E-state index is 0.205. The van der Waals surface area contributed by atoms with Crippen molar-refractivity contribution in [2.24, 2.45) is 5.92 Å². The third kappa shape index (κ3) is 4.23. The van der Waals surface area contributed by atoms with Crippen LogP contribution in [-0.2, 0) is 4.74 Å². The van der Waals surface area contributed by atoms with Crippen molar-refractivity contribution in [3.63, 3.8) is 0 Å². The number of allylic oxidation sites excluding steroid dienone is 4. The maximum absolute atomic E-state index is 13.2. The number of aromatic nitrogens is 1. The monoisotopic (exact) mass is 367 g/mol. The molecular formula is C21H22FN3O2. The van der Waals surface area contributed by atoms with E-state index in [4.69, 9.17) is 10.5 Å². The van der Waals surface area contributed by atoms with Gasteiger partial charge in [-0.1, -0.05) is 31.4 Å². The van der Waals surface area contributed by atoms with Crippen LogP contribution in [0.4, 0.5) is 10.2 Å². The maximum atomic E-state index is 13.2. The quantitative estimate of drug-likeness (QED) is 0.764. The van der Waals surface area contributed by atoms with Crippen LogP contribution in [0, 0.1) is 5.92 Å². The van der Waals surface area contributed by atoms with Crippen molar-refractivity contribution in [2.75, 3.05) is 25.5 Å². The van der Waals surface area contributed by atoms with E-state index in [0.717, 1.165) is 13.0 Å². The van der Waals surface area contributed by atoms with E-state index < -0.39 is 5.83 Å². The second-order valence-corrected chi connectivity index (χ2v) is 6.51. The van der Waals surface area contributed by atoms with Gasteiger partial charge in [0.15, 0.2) is 0 Å². The fraction of sp³-hybridized carbons (Fsp3) is 0.238. The molecule has 0 aliphatic carbocycles. The Kier molecular flexibility index (Phi) is 5.66. The first kappa shape index (κ1) is 18.8. The van der Waals surface area contributed by atoms with E-state index in [1.54, 1.807) is 18.2 Å². The number of nitrogens with one attached hydrogen (secondary N) is 1. The van der Waals surface area contributed by atoms with Crippen LogP contribution in [0.2, 0.25) is 0 Å². The molecule has 2 heterocycles. The summed E-state index contributed by atoms with van der Waals surface area (Å²) in [6.07, 6.45) is 5.25. The highest BCUT2D eigenvalue weighted by atomic mass is 19.1. The molecule has 27 heavy (non-hydrogen) atoms. The molecule has 140 valence electrons. The summed E-state index contributed by atoms with van der Waals surface area (Å²) in [5.41, 5.74) is 7.74. The Hall–Kier alpha value is -2.99. The summed E-state index contributed by atoms with van der Waals surface area (Å²) >= 11 is 0. The SMILES string of the molecule is C=CC(=CC(=C)F)c1ccc2c(C(=O)NCC3CCOC3)cnc(N)c2c1. The Labute approximate surface area is 157 Å². The highest BCUT2D eigenvalue weighted by Crippen LogP contribution is 2.28. The molecule has 2 aromatic rings. The average Bonchev–Trinajstić information content (AvgIpc) is 3.18. The number of nitrogens with two attached hydrogens (primary N) is 1. The summed E-state index contributed by atoms with van der Waals surface area (Å²) in [5.74, 6) is -0.137. The van der Waals surface area contributed by atoms with Gasteiger partial charge in [0.2, 0.25) is 0 Å². The van der Waals surface area contributed by atoms with Gasteiger partial charge in [-0.05, 0) is 35.1 Å². The molecule has 0 saturated carbocycles. The number of carbonyl (C=O) groups is 1. The zero-order chi connectivity index (χ0) is 19.4. The maximum Gasteiger partial charge on any atom is 0.253 e. The van der Waals surface area contributed by atoms with Crippen LogP contribution in [-0.4, -0.2) is 30.6 Å². The molecule has 3 N–H and O–H groups in total. The van der Waals surface area contributed by atoms with E-state index >= 15 is 0 Å². The zero-order valence-electron chi connectivity index (χ0n) is 15.0. The largest absolute Gasteiger partial charge is 0.383 e. The number of rotatable bonds is 6. The predicted molar refractivity (Wildman–Crippen MR) is 106 cm³/mol. The molecule has 5 nitrogen and oxygen atoms in total. The number of nitrogen functional groups attached to an aromatic ring is 1. The molecule has 1 aliphatic heterocycles. The zero-order valence-corrected chi connectivity index (χ0v) is 15.0. The number of amides is 1. The minimum atomic E-state index is -0.569. The number of hydrogen-bond acceptors (Lipinski definition) is 4. The lowest BCUT2D eigenvalue weighted by Crippen LogP contribution is -2.29. The van der Waals surface area contributed by atoms with Crippen molar-refractivity contribution >= 4 is 28.1 Å². The van der Waals surface area contributed by atoms with Crippen molar-refractivity contribution in [3.05, 3.63) is 66.7 Å². The van der Waals surface area contributed by atoms with Gasteiger partial charge in [0, 0.05) is 30.7 Å². The summed E-state index contributed by atoms with van der Waals surface area (Å²) in [5, 5.41) is 4.25. The Bertz CT molecular complexity index is 930. The number of hydrogen-bond donors (Lipinski definition) is 2. The van der Waals surface area contributed by atoms with E-state index in [-0.39, 0.29) is 5.91 Å². The van der Waals surface area contributed by atoms with Gasteiger partial charge in [0.1, 0.15) is 11.6 Å². The third-order valence-corrected chi connectivity index (χ3v) is 4.60. The Morgan fingerprint density at radius 2 is 2.26 bits per heavy atom. The van der Waals surface area contributed by atoms with E-state index in [0.29, 0.717) is 52.4 Å². The molecule has 1 saturated heterocycles. The highest BCUT2D eigenvalue weighted by Gasteiger charge is 2.18. The second kappa shape index (κ2) is 8.14. The summed E-state index contributed by atoms with van der Waals surface area (Å²) in [7, 11) is 0. The number of ether oxygens (including phenoxy) is 1. The molecule has 0 spiro atoms. The molecule has 0 bridgehead atoms. The lowest BCUT2D eigenvalue weighted by atomic mass is 9.99.